The lowest BCUT2D eigenvalue weighted by atomic mass is 10.2. The number of anilines is 1. The van der Waals surface area contributed by atoms with E-state index in [9.17, 15) is 9.90 Å². The number of hydrogen-bond acceptors (Lipinski definition) is 4. The zero-order chi connectivity index (χ0) is 17.4. The molecular formula is C18H20N2O3S. The van der Waals surface area contributed by atoms with Crippen LogP contribution in [-0.4, -0.2) is 22.7 Å². The van der Waals surface area contributed by atoms with Crippen LogP contribution in [0.15, 0.2) is 48.5 Å². The van der Waals surface area contributed by atoms with Crippen LogP contribution in [0.25, 0.3) is 0 Å². The van der Waals surface area contributed by atoms with Gasteiger partial charge in [-0.15, -0.1) is 0 Å². The Morgan fingerprint density at radius 1 is 1.17 bits per heavy atom. The van der Waals surface area contributed by atoms with Crippen molar-refractivity contribution in [3.8, 4) is 11.5 Å². The quantitative estimate of drug-likeness (QED) is 0.423. The van der Waals surface area contributed by atoms with Crippen molar-refractivity contribution in [1.29, 1.82) is 0 Å². The number of benzene rings is 2. The smallest absolute Gasteiger partial charge is 0.257 e. The first-order valence-electron chi connectivity index (χ1n) is 7.73. The van der Waals surface area contributed by atoms with Gasteiger partial charge in [0.1, 0.15) is 11.5 Å². The van der Waals surface area contributed by atoms with Crippen LogP contribution in [0.5, 0.6) is 11.5 Å². The third-order valence-corrected chi connectivity index (χ3v) is 3.47. The standard InChI is InChI=1S/C18H20N2O3S/c1-2-3-12-23-14-10-8-13(9-11-14)17(22)20-18(24)19-15-6-4-5-7-16(15)21/h4-11,21H,2-3,12H2,1H3,(H2,19,20,22,24). The van der Waals surface area contributed by atoms with Gasteiger partial charge in [0.2, 0.25) is 0 Å². The van der Waals surface area contributed by atoms with E-state index in [0.29, 0.717) is 17.9 Å². The van der Waals surface area contributed by atoms with Gasteiger partial charge in [-0.3, -0.25) is 10.1 Å². The Kier molecular flexibility index (Phi) is 6.57. The summed E-state index contributed by atoms with van der Waals surface area (Å²) in [5, 5.41) is 15.2. The minimum Gasteiger partial charge on any atom is -0.506 e. The van der Waals surface area contributed by atoms with E-state index in [4.69, 9.17) is 17.0 Å². The van der Waals surface area contributed by atoms with Crippen LogP contribution in [0.1, 0.15) is 30.1 Å². The number of rotatable bonds is 6. The van der Waals surface area contributed by atoms with Crippen molar-refractivity contribution in [2.45, 2.75) is 19.8 Å². The summed E-state index contributed by atoms with van der Waals surface area (Å²) in [4.78, 5) is 12.2. The number of thiocarbonyl (C=S) groups is 1. The van der Waals surface area contributed by atoms with Gasteiger partial charge in [0.15, 0.2) is 5.11 Å². The van der Waals surface area contributed by atoms with Gasteiger partial charge < -0.3 is 15.2 Å². The Hall–Kier alpha value is -2.60. The molecule has 0 fully saturated rings. The van der Waals surface area contributed by atoms with E-state index >= 15 is 0 Å². The molecule has 0 aliphatic rings. The molecule has 5 nitrogen and oxygen atoms in total. The summed E-state index contributed by atoms with van der Waals surface area (Å²) in [5.41, 5.74) is 0.904. The molecule has 0 saturated heterocycles. The molecule has 0 aliphatic carbocycles. The van der Waals surface area contributed by atoms with Crippen LogP contribution in [0, 0.1) is 0 Å². The number of unbranched alkanes of at least 4 members (excludes halogenated alkanes) is 1. The number of para-hydroxylation sites is 2. The minimum absolute atomic E-state index is 0.0580. The molecule has 2 aromatic carbocycles. The van der Waals surface area contributed by atoms with Gasteiger partial charge in [-0.2, -0.15) is 0 Å². The molecule has 0 unspecified atom stereocenters. The highest BCUT2D eigenvalue weighted by molar-refractivity contribution is 7.80. The second-order valence-corrected chi connectivity index (χ2v) is 5.56. The van der Waals surface area contributed by atoms with E-state index in [2.05, 4.69) is 17.6 Å². The van der Waals surface area contributed by atoms with Gasteiger partial charge in [0.25, 0.3) is 5.91 Å². The van der Waals surface area contributed by atoms with Crippen molar-refractivity contribution in [3.05, 3.63) is 54.1 Å². The van der Waals surface area contributed by atoms with Crippen LogP contribution >= 0.6 is 12.2 Å². The Morgan fingerprint density at radius 3 is 2.54 bits per heavy atom. The summed E-state index contributed by atoms with van der Waals surface area (Å²) in [6, 6.07) is 13.5. The molecule has 0 heterocycles. The minimum atomic E-state index is -0.331. The van der Waals surface area contributed by atoms with Gasteiger partial charge >= 0.3 is 0 Å². The molecule has 0 radical (unpaired) electrons. The molecule has 0 aromatic heterocycles. The molecule has 126 valence electrons. The van der Waals surface area contributed by atoms with E-state index in [1.54, 1.807) is 42.5 Å². The normalized spacial score (nSPS) is 10.0. The molecule has 3 N–H and O–H groups in total. The van der Waals surface area contributed by atoms with E-state index in [1.165, 1.54) is 6.07 Å². The molecule has 0 spiro atoms. The number of aromatic hydroxyl groups is 1. The van der Waals surface area contributed by atoms with Crippen LogP contribution in [-0.2, 0) is 0 Å². The Morgan fingerprint density at radius 2 is 1.88 bits per heavy atom. The van der Waals surface area contributed by atoms with Crippen LogP contribution in [0.3, 0.4) is 0 Å². The van der Waals surface area contributed by atoms with E-state index in [0.717, 1.165) is 18.6 Å². The van der Waals surface area contributed by atoms with Gasteiger partial charge in [0.05, 0.1) is 12.3 Å². The largest absolute Gasteiger partial charge is 0.506 e. The van der Waals surface area contributed by atoms with Crippen molar-refractivity contribution in [2.75, 3.05) is 11.9 Å². The van der Waals surface area contributed by atoms with Crippen LogP contribution in [0.4, 0.5) is 5.69 Å². The number of amides is 1. The van der Waals surface area contributed by atoms with Crippen molar-refractivity contribution in [3.63, 3.8) is 0 Å². The third kappa shape index (κ3) is 5.24. The van der Waals surface area contributed by atoms with Crippen LogP contribution < -0.4 is 15.4 Å². The Labute approximate surface area is 146 Å². The number of phenolic OH excluding ortho intramolecular Hbond substituents is 1. The SMILES string of the molecule is CCCCOc1ccc(C(=O)NC(=S)Nc2ccccc2O)cc1. The summed E-state index contributed by atoms with van der Waals surface area (Å²) >= 11 is 5.09. The molecule has 0 saturated carbocycles. The molecule has 1 amide bonds. The maximum Gasteiger partial charge on any atom is 0.257 e. The summed E-state index contributed by atoms with van der Waals surface area (Å²) in [6.45, 7) is 2.76. The van der Waals surface area contributed by atoms with Crippen molar-refractivity contribution in [2.24, 2.45) is 0 Å². The summed E-state index contributed by atoms with van der Waals surface area (Å²) < 4.78 is 5.56. The summed E-state index contributed by atoms with van der Waals surface area (Å²) in [5.74, 6) is 0.459. The predicted octanol–water partition coefficient (Wildman–Crippen LogP) is 3.70. The maximum atomic E-state index is 12.2. The number of hydrogen-bond donors (Lipinski definition) is 3. The molecule has 0 aliphatic heterocycles. The lowest BCUT2D eigenvalue weighted by Crippen LogP contribution is -2.34. The summed E-state index contributed by atoms with van der Waals surface area (Å²) in [7, 11) is 0. The molecule has 2 aromatic rings. The van der Waals surface area contributed by atoms with E-state index in [1.807, 2.05) is 0 Å². The van der Waals surface area contributed by atoms with Crippen molar-refractivity contribution in [1.82, 2.24) is 5.32 Å². The first-order valence-corrected chi connectivity index (χ1v) is 8.14. The first kappa shape index (κ1) is 17.7. The number of ether oxygens (including phenoxy) is 1. The van der Waals surface area contributed by atoms with E-state index < -0.39 is 0 Å². The van der Waals surface area contributed by atoms with Gasteiger partial charge in [-0.1, -0.05) is 25.5 Å². The van der Waals surface area contributed by atoms with Crippen molar-refractivity contribution < 1.29 is 14.6 Å². The molecule has 24 heavy (non-hydrogen) atoms. The number of carbonyl (C=O) groups is 1. The van der Waals surface area contributed by atoms with Crippen LogP contribution in [0.2, 0.25) is 0 Å². The lowest BCUT2D eigenvalue weighted by molar-refractivity contribution is 0.0977. The zero-order valence-corrected chi connectivity index (χ0v) is 14.2. The number of carbonyl (C=O) groups excluding carboxylic acids is 1. The second-order valence-electron chi connectivity index (χ2n) is 5.15. The topological polar surface area (TPSA) is 70.6 Å². The summed E-state index contributed by atoms with van der Waals surface area (Å²) in [6.07, 6.45) is 2.07. The average Bonchev–Trinajstić information content (AvgIpc) is 2.58. The molecule has 0 bridgehead atoms. The first-order chi connectivity index (χ1) is 11.6. The average molecular weight is 344 g/mol. The fourth-order valence-corrected chi connectivity index (χ4v) is 2.15. The third-order valence-electron chi connectivity index (χ3n) is 3.26. The highest BCUT2D eigenvalue weighted by Crippen LogP contribution is 2.21. The molecule has 0 atom stereocenters. The molecule has 2 rings (SSSR count). The maximum absolute atomic E-state index is 12.2. The fraction of sp³-hybridized carbons (Fsp3) is 0.222. The lowest BCUT2D eigenvalue weighted by Gasteiger charge is -2.11. The van der Waals surface area contributed by atoms with Gasteiger partial charge in [-0.05, 0) is 55.0 Å². The number of phenols is 1. The number of nitrogens with one attached hydrogen (secondary N) is 2. The monoisotopic (exact) mass is 344 g/mol. The Bertz CT molecular complexity index is 702. The molecular weight excluding hydrogens is 324 g/mol. The van der Waals surface area contributed by atoms with Crippen molar-refractivity contribution >= 4 is 28.9 Å². The molecule has 6 heteroatoms. The highest BCUT2D eigenvalue weighted by atomic mass is 32.1. The Balaban J connectivity index is 1.89. The predicted molar refractivity (Wildman–Crippen MR) is 98.6 cm³/mol. The second kappa shape index (κ2) is 8.88. The van der Waals surface area contributed by atoms with Gasteiger partial charge in [0, 0.05) is 5.56 Å². The van der Waals surface area contributed by atoms with E-state index in [-0.39, 0.29) is 16.8 Å². The fourth-order valence-electron chi connectivity index (χ4n) is 1.95. The van der Waals surface area contributed by atoms with Gasteiger partial charge in [-0.25, -0.2) is 0 Å². The zero-order valence-electron chi connectivity index (χ0n) is 13.4. The highest BCUT2D eigenvalue weighted by Gasteiger charge is 2.09.